The largest absolute Gasteiger partial charge is 0.424 e. The topological polar surface area (TPSA) is 50.8 Å². The molecule has 2 heterocycles. The molecule has 4 heteroatoms. The van der Waals surface area contributed by atoms with E-state index in [9.17, 15) is 0 Å². The summed E-state index contributed by atoms with van der Waals surface area (Å²) >= 11 is 0. The van der Waals surface area contributed by atoms with Crippen molar-refractivity contribution in [1.82, 2.24) is 15.0 Å². The summed E-state index contributed by atoms with van der Waals surface area (Å²) in [4.78, 5) is 11.1. The average molecular weight is 211 g/mol. The summed E-state index contributed by atoms with van der Waals surface area (Å²) in [6.45, 7) is 0. The normalized spacial score (nSPS) is 10.5. The number of ether oxygens (including phenoxy) is 1. The van der Waals surface area contributed by atoms with Crippen LogP contribution in [0.1, 0.15) is 0 Å². The van der Waals surface area contributed by atoms with Gasteiger partial charge in [0.2, 0.25) is 0 Å². The number of H-pyrrole nitrogens is 1. The van der Waals surface area contributed by atoms with E-state index in [2.05, 4.69) is 15.0 Å². The molecule has 0 unspecified atom stereocenters. The van der Waals surface area contributed by atoms with E-state index in [0.29, 0.717) is 6.01 Å². The van der Waals surface area contributed by atoms with Crippen molar-refractivity contribution in [3.63, 3.8) is 0 Å². The van der Waals surface area contributed by atoms with Crippen molar-refractivity contribution in [2.45, 2.75) is 0 Å². The van der Waals surface area contributed by atoms with Crippen LogP contribution < -0.4 is 4.74 Å². The predicted octanol–water partition coefficient (Wildman–Crippen LogP) is 2.75. The highest BCUT2D eigenvalue weighted by Gasteiger charge is 2.00. The van der Waals surface area contributed by atoms with E-state index < -0.39 is 0 Å². The van der Waals surface area contributed by atoms with Gasteiger partial charge in [-0.3, -0.25) is 0 Å². The number of nitrogens with zero attached hydrogens (tertiary/aromatic N) is 2. The van der Waals surface area contributed by atoms with Crippen LogP contribution in [-0.4, -0.2) is 15.0 Å². The molecular formula is C12H9N3O. The van der Waals surface area contributed by atoms with Crippen molar-refractivity contribution >= 4 is 10.9 Å². The van der Waals surface area contributed by atoms with E-state index in [1.807, 2.05) is 30.5 Å². The Morgan fingerprint density at radius 1 is 1.06 bits per heavy atom. The number of aromatic nitrogens is 3. The van der Waals surface area contributed by atoms with Gasteiger partial charge in [-0.2, -0.15) is 0 Å². The van der Waals surface area contributed by atoms with Crippen LogP contribution in [0, 0.1) is 0 Å². The van der Waals surface area contributed by atoms with Crippen molar-refractivity contribution in [1.29, 1.82) is 0 Å². The second-order valence-electron chi connectivity index (χ2n) is 3.36. The lowest BCUT2D eigenvalue weighted by atomic mass is 10.2. The monoisotopic (exact) mass is 211 g/mol. The van der Waals surface area contributed by atoms with E-state index in [0.717, 1.165) is 16.7 Å². The van der Waals surface area contributed by atoms with Crippen LogP contribution in [0.5, 0.6) is 11.8 Å². The first-order valence-electron chi connectivity index (χ1n) is 4.94. The fraction of sp³-hybridized carbons (Fsp3) is 0. The van der Waals surface area contributed by atoms with Crippen LogP contribution in [0.15, 0.2) is 48.9 Å². The maximum Gasteiger partial charge on any atom is 0.321 e. The van der Waals surface area contributed by atoms with Crippen LogP contribution in [0.3, 0.4) is 0 Å². The summed E-state index contributed by atoms with van der Waals surface area (Å²) in [5.74, 6) is 0.723. The fourth-order valence-electron chi connectivity index (χ4n) is 1.53. The quantitative estimate of drug-likeness (QED) is 0.709. The Kier molecular flexibility index (Phi) is 2.04. The summed E-state index contributed by atoms with van der Waals surface area (Å²) in [7, 11) is 0. The van der Waals surface area contributed by atoms with Crippen molar-refractivity contribution in [2.75, 3.05) is 0 Å². The summed E-state index contributed by atoms with van der Waals surface area (Å²) in [6, 6.07) is 9.93. The molecule has 1 aromatic carbocycles. The molecule has 0 radical (unpaired) electrons. The number of fused-ring (bicyclic) bond motifs is 1. The Bertz CT molecular complexity index is 604. The third-order valence-corrected chi connectivity index (χ3v) is 2.28. The summed E-state index contributed by atoms with van der Waals surface area (Å²) in [6.07, 6.45) is 5.19. The molecule has 0 aliphatic heterocycles. The molecule has 0 saturated heterocycles. The smallest absolute Gasteiger partial charge is 0.321 e. The van der Waals surface area contributed by atoms with Crippen molar-refractivity contribution in [3.8, 4) is 11.8 Å². The molecule has 0 aliphatic rings. The van der Waals surface area contributed by atoms with Crippen LogP contribution in [0.25, 0.3) is 10.9 Å². The third kappa shape index (κ3) is 1.61. The predicted molar refractivity (Wildman–Crippen MR) is 60.4 cm³/mol. The molecule has 2 aromatic heterocycles. The molecule has 1 N–H and O–H groups in total. The van der Waals surface area contributed by atoms with E-state index in [1.54, 1.807) is 18.5 Å². The molecule has 0 saturated carbocycles. The minimum atomic E-state index is 0.355. The second-order valence-corrected chi connectivity index (χ2v) is 3.36. The zero-order valence-corrected chi connectivity index (χ0v) is 8.42. The van der Waals surface area contributed by atoms with Gasteiger partial charge in [0.05, 0.1) is 0 Å². The van der Waals surface area contributed by atoms with Gasteiger partial charge in [0.1, 0.15) is 5.75 Å². The first-order valence-corrected chi connectivity index (χ1v) is 4.94. The van der Waals surface area contributed by atoms with Crippen molar-refractivity contribution < 1.29 is 4.74 Å². The van der Waals surface area contributed by atoms with Gasteiger partial charge >= 0.3 is 6.01 Å². The second kappa shape index (κ2) is 3.66. The highest BCUT2D eigenvalue weighted by molar-refractivity contribution is 5.80. The van der Waals surface area contributed by atoms with Crippen molar-refractivity contribution in [2.24, 2.45) is 0 Å². The molecule has 0 aliphatic carbocycles. The molecule has 0 bridgehead atoms. The SMILES string of the molecule is c1cnc(Oc2ccc3cc[nH]c3c2)nc1. The zero-order valence-electron chi connectivity index (χ0n) is 8.42. The maximum atomic E-state index is 5.51. The van der Waals surface area contributed by atoms with Gasteiger partial charge in [-0.05, 0) is 29.7 Å². The Morgan fingerprint density at radius 3 is 2.81 bits per heavy atom. The number of rotatable bonds is 2. The van der Waals surface area contributed by atoms with Crippen LogP contribution >= 0.6 is 0 Å². The van der Waals surface area contributed by atoms with Gasteiger partial charge < -0.3 is 9.72 Å². The van der Waals surface area contributed by atoms with Gasteiger partial charge in [0, 0.05) is 30.2 Å². The first-order chi connectivity index (χ1) is 7.92. The molecule has 16 heavy (non-hydrogen) atoms. The molecular weight excluding hydrogens is 202 g/mol. The minimum absolute atomic E-state index is 0.355. The molecule has 3 rings (SSSR count). The summed E-state index contributed by atoms with van der Waals surface area (Å²) < 4.78 is 5.51. The Labute approximate surface area is 91.9 Å². The molecule has 0 fully saturated rings. The standard InChI is InChI=1S/C12H9N3O/c1-5-14-12(15-6-1)16-10-3-2-9-4-7-13-11(9)8-10/h1-8,13H. The third-order valence-electron chi connectivity index (χ3n) is 2.28. The average Bonchev–Trinajstić information content (AvgIpc) is 2.77. The molecule has 78 valence electrons. The molecule has 0 amide bonds. The Balaban J connectivity index is 1.94. The minimum Gasteiger partial charge on any atom is -0.424 e. The molecule has 3 aromatic rings. The number of aromatic amines is 1. The van der Waals surface area contributed by atoms with E-state index >= 15 is 0 Å². The van der Waals surface area contributed by atoms with Crippen LogP contribution in [-0.2, 0) is 0 Å². The Morgan fingerprint density at radius 2 is 1.94 bits per heavy atom. The maximum absolute atomic E-state index is 5.51. The van der Waals surface area contributed by atoms with E-state index in [1.165, 1.54) is 0 Å². The summed E-state index contributed by atoms with van der Waals surface area (Å²) in [5.41, 5.74) is 1.04. The van der Waals surface area contributed by atoms with Crippen molar-refractivity contribution in [3.05, 3.63) is 48.9 Å². The molecule has 0 atom stereocenters. The highest BCUT2D eigenvalue weighted by Crippen LogP contribution is 2.22. The lowest BCUT2D eigenvalue weighted by Gasteiger charge is -2.02. The summed E-state index contributed by atoms with van der Waals surface area (Å²) in [5, 5.41) is 1.15. The van der Waals surface area contributed by atoms with Gasteiger partial charge in [0.25, 0.3) is 0 Å². The highest BCUT2D eigenvalue weighted by atomic mass is 16.5. The fourth-order valence-corrected chi connectivity index (χ4v) is 1.53. The number of nitrogens with one attached hydrogen (secondary N) is 1. The van der Waals surface area contributed by atoms with Gasteiger partial charge in [-0.15, -0.1) is 0 Å². The number of hydrogen-bond acceptors (Lipinski definition) is 3. The van der Waals surface area contributed by atoms with Gasteiger partial charge in [-0.25, -0.2) is 9.97 Å². The Hall–Kier alpha value is -2.36. The van der Waals surface area contributed by atoms with Gasteiger partial charge in [0.15, 0.2) is 0 Å². The van der Waals surface area contributed by atoms with E-state index in [4.69, 9.17) is 4.74 Å². The number of benzene rings is 1. The zero-order chi connectivity index (χ0) is 10.8. The van der Waals surface area contributed by atoms with Crippen LogP contribution in [0.2, 0.25) is 0 Å². The lowest BCUT2D eigenvalue weighted by Crippen LogP contribution is -1.89. The number of hydrogen-bond donors (Lipinski definition) is 1. The van der Waals surface area contributed by atoms with E-state index in [-0.39, 0.29) is 0 Å². The van der Waals surface area contributed by atoms with Gasteiger partial charge in [-0.1, -0.05) is 0 Å². The first kappa shape index (κ1) is 8.91. The molecule has 0 spiro atoms. The lowest BCUT2D eigenvalue weighted by molar-refractivity contribution is 0.442. The van der Waals surface area contributed by atoms with Crippen LogP contribution in [0.4, 0.5) is 0 Å². The molecule has 4 nitrogen and oxygen atoms in total.